The SMILES string of the molecule is COC(C)(C)c1ocnc1CNCC(C)C. The lowest BCUT2D eigenvalue weighted by atomic mass is 10.0. The van der Waals surface area contributed by atoms with Crippen molar-refractivity contribution in [3.63, 3.8) is 0 Å². The molecule has 16 heavy (non-hydrogen) atoms. The molecule has 0 aliphatic carbocycles. The summed E-state index contributed by atoms with van der Waals surface area (Å²) in [7, 11) is 1.67. The van der Waals surface area contributed by atoms with Crippen LogP contribution in [0.3, 0.4) is 0 Å². The summed E-state index contributed by atoms with van der Waals surface area (Å²) in [6, 6.07) is 0. The van der Waals surface area contributed by atoms with Gasteiger partial charge in [-0.3, -0.25) is 0 Å². The van der Waals surface area contributed by atoms with E-state index in [1.165, 1.54) is 6.39 Å². The molecule has 0 saturated heterocycles. The van der Waals surface area contributed by atoms with E-state index in [4.69, 9.17) is 9.15 Å². The first-order valence-corrected chi connectivity index (χ1v) is 5.66. The molecule has 0 unspecified atom stereocenters. The summed E-state index contributed by atoms with van der Waals surface area (Å²) in [5.74, 6) is 1.43. The maximum atomic E-state index is 5.40. The molecule has 0 aliphatic heterocycles. The summed E-state index contributed by atoms with van der Waals surface area (Å²) < 4.78 is 10.8. The van der Waals surface area contributed by atoms with Crippen LogP contribution < -0.4 is 5.32 Å². The van der Waals surface area contributed by atoms with Crippen molar-refractivity contribution < 1.29 is 9.15 Å². The Hall–Kier alpha value is -0.870. The highest BCUT2D eigenvalue weighted by Crippen LogP contribution is 2.26. The molecular formula is C12H22N2O2. The van der Waals surface area contributed by atoms with E-state index in [1.54, 1.807) is 7.11 Å². The number of rotatable bonds is 6. The van der Waals surface area contributed by atoms with E-state index in [9.17, 15) is 0 Å². The van der Waals surface area contributed by atoms with Gasteiger partial charge in [0.15, 0.2) is 12.2 Å². The topological polar surface area (TPSA) is 47.3 Å². The van der Waals surface area contributed by atoms with Crippen LogP contribution in [0.1, 0.15) is 39.1 Å². The quantitative estimate of drug-likeness (QED) is 0.808. The molecule has 1 heterocycles. The predicted molar refractivity (Wildman–Crippen MR) is 63.1 cm³/mol. The Morgan fingerprint density at radius 3 is 2.75 bits per heavy atom. The van der Waals surface area contributed by atoms with E-state index in [-0.39, 0.29) is 0 Å². The van der Waals surface area contributed by atoms with E-state index in [2.05, 4.69) is 24.1 Å². The molecule has 0 fully saturated rings. The van der Waals surface area contributed by atoms with Crippen molar-refractivity contribution in [3.05, 3.63) is 17.8 Å². The van der Waals surface area contributed by atoms with Gasteiger partial charge in [0.05, 0.1) is 5.69 Å². The van der Waals surface area contributed by atoms with Crippen LogP contribution in [0.2, 0.25) is 0 Å². The third-order valence-corrected chi connectivity index (χ3v) is 2.54. The van der Waals surface area contributed by atoms with Crippen LogP contribution in [-0.4, -0.2) is 18.6 Å². The molecule has 0 aromatic carbocycles. The Labute approximate surface area is 97.4 Å². The van der Waals surface area contributed by atoms with Crippen molar-refractivity contribution >= 4 is 0 Å². The fraction of sp³-hybridized carbons (Fsp3) is 0.750. The Balaban J connectivity index is 2.64. The van der Waals surface area contributed by atoms with E-state index >= 15 is 0 Å². The van der Waals surface area contributed by atoms with Crippen LogP contribution >= 0.6 is 0 Å². The number of methoxy groups -OCH3 is 1. The van der Waals surface area contributed by atoms with Gasteiger partial charge in [0, 0.05) is 13.7 Å². The molecule has 0 radical (unpaired) electrons. The molecule has 0 bridgehead atoms. The highest BCUT2D eigenvalue weighted by Gasteiger charge is 2.27. The second-order valence-corrected chi connectivity index (χ2v) is 4.87. The molecule has 1 aromatic rings. The van der Waals surface area contributed by atoms with Gasteiger partial charge < -0.3 is 14.5 Å². The second kappa shape index (κ2) is 5.46. The van der Waals surface area contributed by atoms with Crippen LogP contribution in [0.15, 0.2) is 10.8 Å². The number of nitrogens with zero attached hydrogens (tertiary/aromatic N) is 1. The fourth-order valence-corrected chi connectivity index (χ4v) is 1.46. The van der Waals surface area contributed by atoms with Crippen LogP contribution in [0.25, 0.3) is 0 Å². The van der Waals surface area contributed by atoms with Crippen molar-refractivity contribution in [1.82, 2.24) is 10.3 Å². The Bertz CT molecular complexity index is 319. The minimum atomic E-state index is -0.425. The smallest absolute Gasteiger partial charge is 0.181 e. The summed E-state index contributed by atoms with van der Waals surface area (Å²) in [6.45, 7) is 9.99. The molecule has 0 aliphatic rings. The second-order valence-electron chi connectivity index (χ2n) is 4.87. The van der Waals surface area contributed by atoms with E-state index in [1.807, 2.05) is 13.8 Å². The average molecular weight is 226 g/mol. The van der Waals surface area contributed by atoms with Crippen molar-refractivity contribution in [2.75, 3.05) is 13.7 Å². The predicted octanol–water partition coefficient (Wildman–Crippen LogP) is 2.30. The summed E-state index contributed by atoms with van der Waals surface area (Å²) in [6.07, 6.45) is 1.47. The monoisotopic (exact) mass is 226 g/mol. The fourth-order valence-electron chi connectivity index (χ4n) is 1.46. The van der Waals surface area contributed by atoms with Gasteiger partial charge in [-0.1, -0.05) is 13.8 Å². The minimum absolute atomic E-state index is 0.425. The van der Waals surface area contributed by atoms with Crippen molar-refractivity contribution in [2.24, 2.45) is 5.92 Å². The van der Waals surface area contributed by atoms with Crippen molar-refractivity contribution in [1.29, 1.82) is 0 Å². The van der Waals surface area contributed by atoms with Gasteiger partial charge in [-0.15, -0.1) is 0 Å². The highest BCUT2D eigenvalue weighted by atomic mass is 16.5. The Morgan fingerprint density at radius 2 is 2.19 bits per heavy atom. The van der Waals surface area contributed by atoms with E-state index < -0.39 is 5.60 Å². The van der Waals surface area contributed by atoms with Gasteiger partial charge in [-0.25, -0.2) is 4.98 Å². The van der Waals surface area contributed by atoms with Gasteiger partial charge in [0.25, 0.3) is 0 Å². The van der Waals surface area contributed by atoms with Gasteiger partial charge in [-0.2, -0.15) is 0 Å². The minimum Gasteiger partial charge on any atom is -0.445 e. The molecule has 92 valence electrons. The molecule has 1 rings (SSSR count). The largest absolute Gasteiger partial charge is 0.445 e. The Kier molecular flexibility index (Phi) is 4.50. The molecule has 0 saturated carbocycles. The first-order valence-electron chi connectivity index (χ1n) is 5.66. The third-order valence-electron chi connectivity index (χ3n) is 2.54. The summed E-state index contributed by atoms with van der Waals surface area (Å²) in [5.41, 5.74) is 0.498. The number of oxazole rings is 1. The lowest BCUT2D eigenvalue weighted by Gasteiger charge is -2.21. The maximum Gasteiger partial charge on any atom is 0.181 e. The van der Waals surface area contributed by atoms with E-state index in [0.717, 1.165) is 24.5 Å². The lowest BCUT2D eigenvalue weighted by Crippen LogP contribution is -2.24. The van der Waals surface area contributed by atoms with Crippen molar-refractivity contribution in [3.8, 4) is 0 Å². The van der Waals surface area contributed by atoms with Crippen LogP contribution in [-0.2, 0) is 16.9 Å². The average Bonchev–Trinajstić information content (AvgIpc) is 2.66. The standard InChI is InChI=1S/C12H22N2O2/c1-9(2)6-13-7-10-11(16-8-14-10)12(3,4)15-5/h8-9,13H,6-7H2,1-5H3. The number of hydrogen-bond donors (Lipinski definition) is 1. The van der Waals surface area contributed by atoms with Crippen LogP contribution in [0, 0.1) is 5.92 Å². The summed E-state index contributed by atoms with van der Waals surface area (Å²) in [5, 5.41) is 3.35. The molecule has 1 N–H and O–H groups in total. The zero-order valence-corrected chi connectivity index (χ0v) is 10.8. The van der Waals surface area contributed by atoms with Gasteiger partial charge in [0.1, 0.15) is 5.60 Å². The number of hydrogen-bond acceptors (Lipinski definition) is 4. The van der Waals surface area contributed by atoms with Crippen LogP contribution in [0.4, 0.5) is 0 Å². The molecule has 0 spiro atoms. The van der Waals surface area contributed by atoms with Gasteiger partial charge in [0.2, 0.25) is 0 Å². The summed E-state index contributed by atoms with van der Waals surface area (Å²) >= 11 is 0. The lowest BCUT2D eigenvalue weighted by molar-refractivity contribution is -0.000101. The molecule has 0 atom stereocenters. The first-order chi connectivity index (χ1) is 7.47. The molecule has 1 aromatic heterocycles. The van der Waals surface area contributed by atoms with Gasteiger partial charge in [-0.05, 0) is 26.3 Å². The Morgan fingerprint density at radius 1 is 1.50 bits per heavy atom. The zero-order valence-electron chi connectivity index (χ0n) is 10.8. The maximum absolute atomic E-state index is 5.40. The zero-order chi connectivity index (χ0) is 12.2. The van der Waals surface area contributed by atoms with Crippen molar-refractivity contribution in [2.45, 2.75) is 39.8 Å². The third kappa shape index (κ3) is 3.32. The molecular weight excluding hydrogens is 204 g/mol. The first kappa shape index (κ1) is 13.2. The molecule has 0 amide bonds. The summed E-state index contributed by atoms with van der Waals surface area (Å²) in [4.78, 5) is 4.22. The highest BCUT2D eigenvalue weighted by molar-refractivity contribution is 5.14. The number of ether oxygens (including phenoxy) is 1. The molecule has 4 nitrogen and oxygen atoms in total. The van der Waals surface area contributed by atoms with E-state index in [0.29, 0.717) is 5.92 Å². The van der Waals surface area contributed by atoms with Gasteiger partial charge >= 0.3 is 0 Å². The number of nitrogens with one attached hydrogen (secondary N) is 1. The normalized spacial score (nSPS) is 12.4. The molecule has 4 heteroatoms. The van der Waals surface area contributed by atoms with Crippen LogP contribution in [0.5, 0.6) is 0 Å². The number of aromatic nitrogens is 1.